The summed E-state index contributed by atoms with van der Waals surface area (Å²) in [5.74, 6) is 0.512. The number of hydrogen-bond donors (Lipinski definition) is 0. The SMILES string of the molecule is COc1cc(C)c(S(=O)(=O)N(C)CCOCC(=O)N2CCn3cccc3C2c2cccs2)c(C)c1. The third-order valence-corrected chi connectivity index (χ3v) is 9.37. The van der Waals surface area contributed by atoms with E-state index in [1.165, 1.54) is 11.4 Å². The van der Waals surface area contributed by atoms with Crippen molar-refractivity contribution in [3.05, 3.63) is 69.7 Å². The van der Waals surface area contributed by atoms with E-state index in [2.05, 4.69) is 4.57 Å². The molecule has 0 radical (unpaired) electrons. The van der Waals surface area contributed by atoms with Gasteiger partial charge in [0.05, 0.1) is 18.6 Å². The molecular weight excluding hydrogens is 486 g/mol. The van der Waals surface area contributed by atoms with Crippen LogP contribution in [-0.2, 0) is 26.1 Å². The predicted molar refractivity (Wildman–Crippen MR) is 135 cm³/mol. The van der Waals surface area contributed by atoms with Crippen LogP contribution < -0.4 is 4.74 Å². The summed E-state index contributed by atoms with van der Waals surface area (Å²) in [6.07, 6.45) is 2.04. The highest BCUT2D eigenvalue weighted by Gasteiger charge is 2.33. The molecule has 0 spiro atoms. The van der Waals surface area contributed by atoms with Gasteiger partial charge in [-0.05, 0) is 60.7 Å². The van der Waals surface area contributed by atoms with Crippen molar-refractivity contribution >= 4 is 27.3 Å². The van der Waals surface area contributed by atoms with E-state index < -0.39 is 10.0 Å². The van der Waals surface area contributed by atoms with Crippen LogP contribution in [-0.4, -0.2) is 68.6 Å². The van der Waals surface area contributed by atoms with Crippen LogP contribution >= 0.6 is 11.3 Å². The Morgan fingerprint density at radius 1 is 1.17 bits per heavy atom. The normalized spacial score (nSPS) is 15.9. The van der Waals surface area contributed by atoms with E-state index in [1.807, 2.05) is 40.7 Å². The minimum absolute atomic E-state index is 0.100. The smallest absolute Gasteiger partial charge is 0.249 e. The number of aryl methyl sites for hydroxylation is 2. The Morgan fingerprint density at radius 2 is 1.91 bits per heavy atom. The largest absolute Gasteiger partial charge is 0.497 e. The zero-order valence-electron chi connectivity index (χ0n) is 20.4. The van der Waals surface area contributed by atoms with Crippen molar-refractivity contribution in [3.63, 3.8) is 0 Å². The van der Waals surface area contributed by atoms with Gasteiger partial charge in [0.15, 0.2) is 0 Å². The number of benzene rings is 1. The maximum absolute atomic E-state index is 13.2. The molecule has 1 aliphatic rings. The zero-order valence-corrected chi connectivity index (χ0v) is 22.1. The molecule has 8 nitrogen and oxygen atoms in total. The average Bonchev–Trinajstić information content (AvgIpc) is 3.52. The number of nitrogens with zero attached hydrogens (tertiary/aromatic N) is 3. The molecule has 0 aliphatic carbocycles. The summed E-state index contributed by atoms with van der Waals surface area (Å²) in [7, 11) is -0.635. The molecule has 188 valence electrons. The number of amides is 1. The number of sulfonamides is 1. The Labute approximate surface area is 210 Å². The number of fused-ring (bicyclic) bond motifs is 1. The second kappa shape index (κ2) is 10.5. The number of rotatable bonds is 9. The highest BCUT2D eigenvalue weighted by Crippen LogP contribution is 2.35. The van der Waals surface area contributed by atoms with Crippen LogP contribution in [0, 0.1) is 13.8 Å². The molecule has 0 N–H and O–H groups in total. The second-order valence-corrected chi connectivity index (χ2v) is 11.6. The van der Waals surface area contributed by atoms with E-state index in [9.17, 15) is 13.2 Å². The summed E-state index contributed by atoms with van der Waals surface area (Å²) in [6, 6.07) is 11.4. The topological polar surface area (TPSA) is 81.1 Å². The number of carbonyl (C=O) groups excluding carboxylic acids is 1. The van der Waals surface area contributed by atoms with Crippen LogP contribution in [0.5, 0.6) is 5.75 Å². The molecule has 10 heteroatoms. The lowest BCUT2D eigenvalue weighted by molar-refractivity contribution is -0.138. The Kier molecular flexibility index (Phi) is 7.65. The molecule has 2 aromatic heterocycles. The number of methoxy groups -OCH3 is 1. The van der Waals surface area contributed by atoms with Crippen molar-refractivity contribution < 1.29 is 22.7 Å². The minimum Gasteiger partial charge on any atom is -0.497 e. The summed E-state index contributed by atoms with van der Waals surface area (Å²) in [4.78, 5) is 16.3. The van der Waals surface area contributed by atoms with Gasteiger partial charge in [-0.3, -0.25) is 4.79 Å². The number of thiophene rings is 1. The molecule has 1 amide bonds. The molecule has 0 bridgehead atoms. The lowest BCUT2D eigenvalue weighted by Crippen LogP contribution is -2.44. The number of hydrogen-bond acceptors (Lipinski definition) is 6. The molecular formula is C25H31N3O5S2. The van der Waals surface area contributed by atoms with Gasteiger partial charge in [0.1, 0.15) is 18.4 Å². The maximum Gasteiger partial charge on any atom is 0.249 e. The van der Waals surface area contributed by atoms with Crippen LogP contribution in [0.4, 0.5) is 0 Å². The minimum atomic E-state index is -3.71. The Morgan fingerprint density at radius 3 is 2.57 bits per heavy atom. The summed E-state index contributed by atoms with van der Waals surface area (Å²) < 4.78 is 40.7. The van der Waals surface area contributed by atoms with Gasteiger partial charge in [-0.25, -0.2) is 8.42 Å². The molecule has 1 aliphatic heterocycles. The fourth-order valence-corrected chi connectivity index (χ4v) is 6.95. The second-order valence-electron chi connectivity index (χ2n) is 8.60. The van der Waals surface area contributed by atoms with Gasteiger partial charge >= 0.3 is 0 Å². The molecule has 1 aromatic carbocycles. The van der Waals surface area contributed by atoms with Crippen molar-refractivity contribution in [1.82, 2.24) is 13.8 Å². The van der Waals surface area contributed by atoms with Crippen LogP contribution in [0.2, 0.25) is 0 Å². The summed E-state index contributed by atoms with van der Waals surface area (Å²) in [6.45, 7) is 4.99. The van der Waals surface area contributed by atoms with E-state index in [1.54, 1.807) is 44.4 Å². The molecule has 0 saturated carbocycles. The third kappa shape index (κ3) is 5.16. The van der Waals surface area contributed by atoms with Crippen molar-refractivity contribution in [2.75, 3.05) is 40.5 Å². The fourth-order valence-electron chi connectivity index (χ4n) is 4.55. The average molecular weight is 518 g/mol. The standard InChI is InChI=1S/C25H31N3O5S2/c1-18-15-20(32-4)16-19(2)25(18)35(30,31)26(3)12-13-33-17-23(29)28-11-10-27-9-5-7-21(27)24(28)22-8-6-14-34-22/h5-9,14-16,24H,10-13,17H2,1-4H3. The predicted octanol–water partition coefficient (Wildman–Crippen LogP) is 3.44. The van der Waals surface area contributed by atoms with Crippen molar-refractivity contribution in [2.45, 2.75) is 31.3 Å². The van der Waals surface area contributed by atoms with E-state index in [-0.39, 0.29) is 36.6 Å². The van der Waals surface area contributed by atoms with Crippen molar-refractivity contribution in [2.24, 2.45) is 0 Å². The van der Waals surface area contributed by atoms with Gasteiger partial charge in [0, 0.05) is 43.4 Å². The number of aromatic nitrogens is 1. The molecule has 0 saturated heterocycles. The van der Waals surface area contributed by atoms with Gasteiger partial charge in [-0.15, -0.1) is 11.3 Å². The first-order chi connectivity index (χ1) is 16.7. The molecule has 3 aromatic rings. The van der Waals surface area contributed by atoms with Gasteiger partial charge < -0.3 is 18.9 Å². The van der Waals surface area contributed by atoms with Gasteiger partial charge in [-0.1, -0.05) is 6.07 Å². The number of likely N-dealkylation sites (N-methyl/N-ethyl adjacent to an activating group) is 1. The summed E-state index contributed by atoms with van der Waals surface area (Å²) >= 11 is 1.63. The Balaban J connectivity index is 1.37. The molecule has 35 heavy (non-hydrogen) atoms. The van der Waals surface area contributed by atoms with Crippen molar-refractivity contribution in [1.29, 1.82) is 0 Å². The fraction of sp³-hybridized carbons (Fsp3) is 0.400. The van der Waals surface area contributed by atoms with Gasteiger partial charge in [-0.2, -0.15) is 4.31 Å². The first-order valence-electron chi connectivity index (χ1n) is 11.4. The molecule has 1 unspecified atom stereocenters. The zero-order chi connectivity index (χ0) is 25.2. The monoisotopic (exact) mass is 517 g/mol. The van der Waals surface area contributed by atoms with E-state index in [4.69, 9.17) is 9.47 Å². The summed E-state index contributed by atoms with van der Waals surface area (Å²) in [5, 5.41) is 2.01. The van der Waals surface area contributed by atoms with Gasteiger partial charge in [0.25, 0.3) is 0 Å². The number of ether oxygens (including phenoxy) is 2. The first kappa shape index (κ1) is 25.4. The Hall–Kier alpha value is -2.66. The van der Waals surface area contributed by atoms with Gasteiger partial charge in [0.2, 0.25) is 15.9 Å². The lowest BCUT2D eigenvalue weighted by atomic mass is 10.1. The van der Waals surface area contributed by atoms with Crippen LogP contribution in [0.1, 0.15) is 27.7 Å². The summed E-state index contributed by atoms with van der Waals surface area (Å²) in [5.41, 5.74) is 2.33. The Bertz CT molecular complexity index is 1260. The maximum atomic E-state index is 13.2. The van der Waals surface area contributed by atoms with E-state index in [0.717, 1.165) is 17.1 Å². The quantitative estimate of drug-likeness (QED) is 0.406. The highest BCUT2D eigenvalue weighted by molar-refractivity contribution is 7.89. The van der Waals surface area contributed by atoms with Crippen molar-refractivity contribution in [3.8, 4) is 5.75 Å². The molecule has 3 heterocycles. The molecule has 0 fully saturated rings. The lowest BCUT2D eigenvalue weighted by Gasteiger charge is -2.36. The van der Waals surface area contributed by atoms with Crippen LogP contribution in [0.25, 0.3) is 0 Å². The number of carbonyl (C=O) groups is 1. The molecule has 1 atom stereocenters. The van der Waals surface area contributed by atoms with E-state index >= 15 is 0 Å². The first-order valence-corrected chi connectivity index (χ1v) is 13.7. The van der Waals surface area contributed by atoms with Crippen LogP contribution in [0.3, 0.4) is 0 Å². The van der Waals surface area contributed by atoms with E-state index in [0.29, 0.717) is 23.4 Å². The van der Waals surface area contributed by atoms with Crippen LogP contribution in [0.15, 0.2) is 52.9 Å². The third-order valence-electron chi connectivity index (χ3n) is 6.29. The molecule has 4 rings (SSSR count). The highest BCUT2D eigenvalue weighted by atomic mass is 32.2.